The molecule has 104 valence electrons. The molecule has 3 rings (SSSR count). The summed E-state index contributed by atoms with van der Waals surface area (Å²) in [7, 11) is 1.58. The summed E-state index contributed by atoms with van der Waals surface area (Å²) in [6.07, 6.45) is 0. The molecule has 0 amide bonds. The molecule has 0 aliphatic rings. The van der Waals surface area contributed by atoms with Crippen LogP contribution in [0, 0.1) is 0 Å². The highest BCUT2D eigenvalue weighted by molar-refractivity contribution is 6.03. The summed E-state index contributed by atoms with van der Waals surface area (Å²) < 4.78 is 5.35. The molecule has 1 N–H and O–H groups in total. The van der Waals surface area contributed by atoms with Gasteiger partial charge in [-0.3, -0.25) is 0 Å². The van der Waals surface area contributed by atoms with Crippen LogP contribution in [0.4, 0.5) is 0 Å². The van der Waals surface area contributed by atoms with Gasteiger partial charge in [-0.2, -0.15) is 0 Å². The summed E-state index contributed by atoms with van der Waals surface area (Å²) in [6.45, 7) is 0. The van der Waals surface area contributed by atoms with Crippen molar-refractivity contribution in [2.45, 2.75) is 0 Å². The number of hydrogen-bond acceptors (Lipinski definition) is 2. The van der Waals surface area contributed by atoms with Crippen LogP contribution in [0.1, 0.15) is 10.4 Å². The van der Waals surface area contributed by atoms with E-state index in [1.807, 2.05) is 54.6 Å². The van der Waals surface area contributed by atoms with Crippen molar-refractivity contribution < 1.29 is 14.6 Å². The maximum Gasteiger partial charge on any atom is 0.336 e. The minimum atomic E-state index is -0.943. The van der Waals surface area contributed by atoms with E-state index in [0.29, 0.717) is 11.3 Å². The molecule has 0 saturated heterocycles. The first-order valence-corrected chi connectivity index (χ1v) is 6.60. The predicted molar refractivity (Wildman–Crippen MR) is 82.9 cm³/mol. The number of ether oxygens (including phenoxy) is 1. The summed E-state index contributed by atoms with van der Waals surface area (Å²) in [4.78, 5) is 11.6. The number of carboxylic acid groups (broad SMARTS) is 1. The van der Waals surface area contributed by atoms with Crippen molar-refractivity contribution in [3.63, 3.8) is 0 Å². The van der Waals surface area contributed by atoms with Gasteiger partial charge in [0.1, 0.15) is 5.75 Å². The Morgan fingerprint density at radius 3 is 2.19 bits per heavy atom. The second-order valence-electron chi connectivity index (χ2n) is 4.75. The minimum Gasteiger partial charge on any atom is -0.496 e. The number of rotatable bonds is 3. The number of hydrogen-bond donors (Lipinski definition) is 1. The molecule has 0 atom stereocenters. The van der Waals surface area contributed by atoms with Crippen LogP contribution in [0.25, 0.3) is 21.9 Å². The normalized spacial score (nSPS) is 10.5. The Labute approximate surface area is 122 Å². The van der Waals surface area contributed by atoms with Gasteiger partial charge in [-0.25, -0.2) is 4.79 Å². The van der Waals surface area contributed by atoms with E-state index in [0.717, 1.165) is 16.3 Å². The molecule has 0 radical (unpaired) electrons. The Balaban J connectivity index is 2.34. The second kappa shape index (κ2) is 5.29. The lowest BCUT2D eigenvalue weighted by Gasteiger charge is -2.12. The summed E-state index contributed by atoms with van der Waals surface area (Å²) in [5.74, 6) is -0.281. The zero-order valence-electron chi connectivity index (χ0n) is 11.5. The van der Waals surface area contributed by atoms with Crippen LogP contribution in [0.2, 0.25) is 0 Å². The van der Waals surface area contributed by atoms with Crippen molar-refractivity contribution in [1.29, 1.82) is 0 Å². The minimum absolute atomic E-state index is 0.276. The van der Waals surface area contributed by atoms with Crippen LogP contribution in [0.15, 0.2) is 60.7 Å². The van der Waals surface area contributed by atoms with Gasteiger partial charge in [0, 0.05) is 11.1 Å². The molecule has 0 saturated carbocycles. The number of benzene rings is 3. The summed E-state index contributed by atoms with van der Waals surface area (Å²) in [5, 5.41) is 11.4. The lowest BCUT2D eigenvalue weighted by Crippen LogP contribution is -2.00. The standard InChI is InChI=1S/C18H14O3/c1-21-17-9-5-4-8-14(17)15-10-12-6-2-3-7-13(12)11-16(15)18(19)20/h2-11H,1H3,(H,19,20). The lowest BCUT2D eigenvalue weighted by atomic mass is 9.95. The molecule has 0 unspecified atom stereocenters. The van der Waals surface area contributed by atoms with Gasteiger partial charge >= 0.3 is 5.97 Å². The lowest BCUT2D eigenvalue weighted by molar-refractivity contribution is 0.0698. The molecule has 3 aromatic rings. The number of methoxy groups -OCH3 is 1. The molecule has 0 aliphatic carbocycles. The quantitative estimate of drug-likeness (QED) is 0.780. The average Bonchev–Trinajstić information content (AvgIpc) is 2.53. The Morgan fingerprint density at radius 1 is 0.905 bits per heavy atom. The van der Waals surface area contributed by atoms with E-state index >= 15 is 0 Å². The van der Waals surface area contributed by atoms with Gasteiger partial charge in [0.2, 0.25) is 0 Å². The molecule has 0 heterocycles. The van der Waals surface area contributed by atoms with E-state index in [9.17, 15) is 9.90 Å². The van der Waals surface area contributed by atoms with E-state index in [2.05, 4.69) is 0 Å². The molecule has 3 heteroatoms. The molecular weight excluding hydrogens is 264 g/mol. The Kier molecular flexibility index (Phi) is 3.32. The number of carbonyl (C=O) groups is 1. The summed E-state index contributed by atoms with van der Waals surface area (Å²) >= 11 is 0. The zero-order valence-corrected chi connectivity index (χ0v) is 11.5. The summed E-state index contributed by atoms with van der Waals surface area (Å²) in [5.41, 5.74) is 1.72. The van der Waals surface area contributed by atoms with Crippen LogP contribution in [-0.4, -0.2) is 18.2 Å². The highest BCUT2D eigenvalue weighted by atomic mass is 16.5. The van der Waals surface area contributed by atoms with E-state index < -0.39 is 5.97 Å². The fourth-order valence-electron chi connectivity index (χ4n) is 2.51. The molecule has 3 aromatic carbocycles. The molecule has 0 aromatic heterocycles. The third-order valence-corrected chi connectivity index (χ3v) is 3.51. The first-order valence-electron chi connectivity index (χ1n) is 6.60. The molecule has 0 bridgehead atoms. The maximum atomic E-state index is 11.6. The van der Waals surface area contributed by atoms with E-state index in [4.69, 9.17) is 4.74 Å². The third-order valence-electron chi connectivity index (χ3n) is 3.51. The predicted octanol–water partition coefficient (Wildman–Crippen LogP) is 4.21. The number of fused-ring (bicyclic) bond motifs is 1. The monoisotopic (exact) mass is 278 g/mol. The van der Waals surface area contributed by atoms with E-state index in [1.54, 1.807) is 13.2 Å². The SMILES string of the molecule is COc1ccccc1-c1cc2ccccc2cc1C(=O)O. The third kappa shape index (κ3) is 2.34. The van der Waals surface area contributed by atoms with Crippen molar-refractivity contribution in [2.75, 3.05) is 7.11 Å². The van der Waals surface area contributed by atoms with Crippen molar-refractivity contribution >= 4 is 16.7 Å². The van der Waals surface area contributed by atoms with Crippen LogP contribution < -0.4 is 4.74 Å². The fraction of sp³-hybridized carbons (Fsp3) is 0.0556. The van der Waals surface area contributed by atoms with E-state index in [-0.39, 0.29) is 5.56 Å². The fourth-order valence-corrected chi connectivity index (χ4v) is 2.51. The van der Waals surface area contributed by atoms with Gasteiger partial charge in [0.15, 0.2) is 0 Å². The number of para-hydroxylation sites is 1. The van der Waals surface area contributed by atoms with Gasteiger partial charge in [-0.05, 0) is 29.0 Å². The van der Waals surface area contributed by atoms with Gasteiger partial charge in [0.05, 0.1) is 12.7 Å². The van der Waals surface area contributed by atoms with Crippen LogP contribution in [0.3, 0.4) is 0 Å². The van der Waals surface area contributed by atoms with Crippen molar-refractivity contribution in [2.24, 2.45) is 0 Å². The highest BCUT2D eigenvalue weighted by Gasteiger charge is 2.15. The number of carboxylic acids is 1. The number of aromatic carboxylic acids is 1. The van der Waals surface area contributed by atoms with Crippen molar-refractivity contribution in [3.05, 3.63) is 66.2 Å². The van der Waals surface area contributed by atoms with Crippen molar-refractivity contribution in [1.82, 2.24) is 0 Å². The van der Waals surface area contributed by atoms with Gasteiger partial charge in [0.25, 0.3) is 0 Å². The molecule has 0 fully saturated rings. The molecule has 21 heavy (non-hydrogen) atoms. The van der Waals surface area contributed by atoms with E-state index in [1.165, 1.54) is 0 Å². The van der Waals surface area contributed by atoms with Gasteiger partial charge in [-0.1, -0.05) is 42.5 Å². The van der Waals surface area contributed by atoms with Crippen LogP contribution in [-0.2, 0) is 0 Å². The largest absolute Gasteiger partial charge is 0.496 e. The van der Waals surface area contributed by atoms with Crippen LogP contribution >= 0.6 is 0 Å². The van der Waals surface area contributed by atoms with Gasteiger partial charge in [-0.15, -0.1) is 0 Å². The molecule has 3 nitrogen and oxygen atoms in total. The van der Waals surface area contributed by atoms with Crippen LogP contribution in [0.5, 0.6) is 5.75 Å². The molecule has 0 aliphatic heterocycles. The van der Waals surface area contributed by atoms with Gasteiger partial charge < -0.3 is 9.84 Å². The highest BCUT2D eigenvalue weighted by Crippen LogP contribution is 2.34. The molecule has 0 spiro atoms. The maximum absolute atomic E-state index is 11.6. The second-order valence-corrected chi connectivity index (χ2v) is 4.75. The Hall–Kier alpha value is -2.81. The average molecular weight is 278 g/mol. The topological polar surface area (TPSA) is 46.5 Å². The molecular formula is C18H14O3. The smallest absolute Gasteiger partial charge is 0.336 e. The first kappa shape index (κ1) is 13.2. The zero-order chi connectivity index (χ0) is 14.8. The summed E-state index contributed by atoms with van der Waals surface area (Å²) in [6, 6.07) is 18.8. The first-order chi connectivity index (χ1) is 10.2. The van der Waals surface area contributed by atoms with Crippen molar-refractivity contribution in [3.8, 4) is 16.9 Å². The Morgan fingerprint density at radius 2 is 1.52 bits per heavy atom. The Bertz CT molecular complexity index is 822.